The Kier molecular flexibility index (Phi) is 4.57. The minimum Gasteiger partial charge on any atom is -0.236 e. The highest BCUT2D eigenvalue weighted by Gasteiger charge is 2.07. The fraction of sp³-hybridized carbons (Fsp3) is 1.00. The quantitative estimate of drug-likeness (QED) is 0.359. The summed E-state index contributed by atoms with van der Waals surface area (Å²) in [5, 5.41) is 17.6. The van der Waals surface area contributed by atoms with Gasteiger partial charge in [0.05, 0.1) is 0 Å². The first-order valence-electron chi connectivity index (χ1n) is 3.29. The molecule has 0 radical (unpaired) electrons. The van der Waals surface area contributed by atoms with Crippen LogP contribution in [0.5, 0.6) is 0 Å². The summed E-state index contributed by atoms with van der Waals surface area (Å²) in [4.78, 5) is 9.77. The molecule has 5 nitrogen and oxygen atoms in total. The van der Waals surface area contributed by atoms with Crippen LogP contribution >= 0.6 is 0 Å². The monoisotopic (exact) mass is 148 g/mol. The molecule has 0 heterocycles. The van der Waals surface area contributed by atoms with Gasteiger partial charge in [0.25, 0.3) is 0 Å². The second-order valence-electron chi connectivity index (χ2n) is 2.04. The Morgan fingerprint density at radius 3 is 2.60 bits per heavy atom. The van der Waals surface area contributed by atoms with E-state index in [1.165, 1.54) is 0 Å². The lowest BCUT2D eigenvalue weighted by molar-refractivity contribution is -0.728. The molecule has 0 amide bonds. The van der Waals surface area contributed by atoms with Crippen LogP contribution in [-0.4, -0.2) is 22.0 Å². The Balaban J connectivity index is 3.21. The molecule has 0 bridgehead atoms. The molecule has 0 unspecified atom stereocenters. The molecule has 0 aromatic carbocycles. The Morgan fingerprint density at radius 2 is 2.20 bits per heavy atom. The van der Waals surface area contributed by atoms with Crippen molar-refractivity contribution in [2.24, 2.45) is 0 Å². The zero-order valence-electron chi connectivity index (χ0n) is 5.99. The van der Waals surface area contributed by atoms with Gasteiger partial charge < -0.3 is 0 Å². The molecule has 0 aliphatic rings. The number of hydrazine groups is 1. The topological polar surface area (TPSA) is 66.6 Å². The lowest BCUT2D eigenvalue weighted by Crippen LogP contribution is -2.26. The van der Waals surface area contributed by atoms with Crippen LogP contribution in [0.4, 0.5) is 0 Å². The van der Waals surface area contributed by atoms with Crippen LogP contribution < -0.4 is 0 Å². The molecular formula is C5H12N2O3. The van der Waals surface area contributed by atoms with Gasteiger partial charge in [-0.05, 0) is 6.42 Å². The molecule has 0 spiro atoms. The van der Waals surface area contributed by atoms with E-state index in [9.17, 15) is 10.1 Å². The number of hydrogen-bond donors (Lipinski definition) is 1. The average molecular weight is 148 g/mol. The van der Waals surface area contributed by atoms with Crippen molar-refractivity contribution in [3.8, 4) is 0 Å². The van der Waals surface area contributed by atoms with Gasteiger partial charge in [0.1, 0.15) is 6.54 Å². The molecule has 0 atom stereocenters. The van der Waals surface area contributed by atoms with E-state index < -0.39 is 5.03 Å². The fourth-order valence-electron chi connectivity index (χ4n) is 0.585. The molecule has 0 saturated heterocycles. The minimum absolute atomic E-state index is 0.112. The minimum atomic E-state index is -0.824. The highest BCUT2D eigenvalue weighted by atomic mass is 16.8. The first-order chi connectivity index (χ1) is 4.68. The van der Waals surface area contributed by atoms with Crippen molar-refractivity contribution in [1.29, 1.82) is 0 Å². The summed E-state index contributed by atoms with van der Waals surface area (Å²) >= 11 is 0. The van der Waals surface area contributed by atoms with E-state index in [0.29, 0.717) is 6.42 Å². The second-order valence-corrected chi connectivity index (χ2v) is 2.04. The van der Waals surface area contributed by atoms with E-state index in [1.807, 2.05) is 6.92 Å². The standard InChI is InChI=1S/C5H12N2O3/c1-2-3-4-5-6(8)7(9)10/h8H,2-5H2,1H3. The van der Waals surface area contributed by atoms with Gasteiger partial charge in [0, 0.05) is 5.17 Å². The number of rotatable bonds is 5. The Bertz CT molecular complexity index is 107. The van der Waals surface area contributed by atoms with Crippen molar-refractivity contribution in [3.05, 3.63) is 10.1 Å². The summed E-state index contributed by atoms with van der Waals surface area (Å²) in [6.07, 6.45) is 2.56. The van der Waals surface area contributed by atoms with Gasteiger partial charge in [0.15, 0.2) is 5.03 Å². The van der Waals surface area contributed by atoms with E-state index >= 15 is 0 Å². The fourth-order valence-corrected chi connectivity index (χ4v) is 0.585. The zero-order valence-corrected chi connectivity index (χ0v) is 5.99. The molecule has 60 valence electrons. The normalized spacial score (nSPS) is 9.40. The maximum Gasteiger partial charge on any atom is 0.186 e. The first-order valence-corrected chi connectivity index (χ1v) is 3.29. The van der Waals surface area contributed by atoms with Crippen molar-refractivity contribution in [3.63, 3.8) is 0 Å². The molecule has 0 saturated carbocycles. The summed E-state index contributed by atoms with van der Waals surface area (Å²) in [6.45, 7) is 2.11. The van der Waals surface area contributed by atoms with Crippen molar-refractivity contribution < 1.29 is 10.2 Å². The van der Waals surface area contributed by atoms with Crippen molar-refractivity contribution in [2.45, 2.75) is 26.2 Å². The van der Waals surface area contributed by atoms with Crippen LogP contribution in [0.15, 0.2) is 0 Å². The van der Waals surface area contributed by atoms with Crippen molar-refractivity contribution in [2.75, 3.05) is 6.54 Å². The number of nitro groups is 1. The van der Waals surface area contributed by atoms with Gasteiger partial charge >= 0.3 is 0 Å². The molecule has 0 aromatic rings. The van der Waals surface area contributed by atoms with Gasteiger partial charge in [-0.1, -0.05) is 19.8 Å². The van der Waals surface area contributed by atoms with Crippen LogP contribution in [0.3, 0.4) is 0 Å². The van der Waals surface area contributed by atoms with Crippen LogP contribution in [0.1, 0.15) is 26.2 Å². The van der Waals surface area contributed by atoms with Gasteiger partial charge in [-0.3, -0.25) is 0 Å². The van der Waals surface area contributed by atoms with E-state index in [4.69, 9.17) is 5.21 Å². The summed E-state index contributed by atoms with van der Waals surface area (Å²) in [6, 6.07) is 0. The molecule has 0 rings (SSSR count). The zero-order chi connectivity index (χ0) is 7.98. The summed E-state index contributed by atoms with van der Waals surface area (Å²) in [5.41, 5.74) is 0. The summed E-state index contributed by atoms with van der Waals surface area (Å²) < 4.78 is 0. The molecule has 1 N–H and O–H groups in total. The lowest BCUT2D eigenvalue weighted by Gasteiger charge is -2.03. The highest BCUT2D eigenvalue weighted by Crippen LogP contribution is 1.95. The third-order valence-electron chi connectivity index (χ3n) is 1.15. The van der Waals surface area contributed by atoms with Crippen LogP contribution in [0, 0.1) is 10.1 Å². The van der Waals surface area contributed by atoms with Crippen LogP contribution in [-0.2, 0) is 0 Å². The number of unbranched alkanes of at least 4 members (excludes halogenated alkanes) is 2. The van der Waals surface area contributed by atoms with E-state index in [2.05, 4.69) is 0 Å². The maximum atomic E-state index is 9.77. The molecule has 5 heteroatoms. The summed E-state index contributed by atoms with van der Waals surface area (Å²) in [7, 11) is 0. The average Bonchev–Trinajstić information content (AvgIpc) is 1.88. The van der Waals surface area contributed by atoms with Crippen molar-refractivity contribution >= 4 is 0 Å². The van der Waals surface area contributed by atoms with Crippen molar-refractivity contribution in [1.82, 2.24) is 5.17 Å². The second kappa shape index (κ2) is 4.99. The summed E-state index contributed by atoms with van der Waals surface area (Å²) in [5.74, 6) is 0. The van der Waals surface area contributed by atoms with E-state index in [0.717, 1.165) is 12.8 Å². The predicted octanol–water partition coefficient (Wildman–Crippen LogP) is 1.06. The molecule has 0 aliphatic heterocycles. The molecule has 10 heavy (non-hydrogen) atoms. The predicted molar refractivity (Wildman–Crippen MR) is 35.0 cm³/mol. The van der Waals surface area contributed by atoms with E-state index in [1.54, 1.807) is 0 Å². The number of nitrogens with zero attached hydrogens (tertiary/aromatic N) is 2. The molecule has 0 fully saturated rings. The molecular weight excluding hydrogens is 136 g/mol. The molecule has 0 aromatic heterocycles. The Labute approximate surface area is 59.3 Å². The van der Waals surface area contributed by atoms with Gasteiger partial charge in [-0.2, -0.15) is 0 Å². The van der Waals surface area contributed by atoms with Gasteiger partial charge in [-0.15, -0.1) is 0 Å². The lowest BCUT2D eigenvalue weighted by atomic mass is 10.2. The van der Waals surface area contributed by atoms with Gasteiger partial charge in [0.2, 0.25) is 0 Å². The SMILES string of the molecule is CCCCCN(O)[N+](=O)[O-]. The van der Waals surface area contributed by atoms with Gasteiger partial charge in [-0.25, -0.2) is 15.3 Å². The Morgan fingerprint density at radius 1 is 1.60 bits per heavy atom. The Hall–Kier alpha value is -0.840. The first kappa shape index (κ1) is 9.16. The third kappa shape index (κ3) is 4.08. The highest BCUT2D eigenvalue weighted by molar-refractivity contribution is 4.36. The third-order valence-corrected chi connectivity index (χ3v) is 1.15. The van der Waals surface area contributed by atoms with Crippen LogP contribution in [0.2, 0.25) is 0 Å². The van der Waals surface area contributed by atoms with E-state index in [-0.39, 0.29) is 11.7 Å². The number of hydrogen-bond acceptors (Lipinski definition) is 3. The maximum absolute atomic E-state index is 9.77. The van der Waals surface area contributed by atoms with Crippen LogP contribution in [0.25, 0.3) is 0 Å². The largest absolute Gasteiger partial charge is 0.236 e. The smallest absolute Gasteiger partial charge is 0.186 e. The molecule has 0 aliphatic carbocycles. The number of hydroxylamine groups is 1.